The van der Waals surface area contributed by atoms with Crippen LogP contribution in [-0.4, -0.2) is 19.3 Å². The van der Waals surface area contributed by atoms with E-state index in [0.29, 0.717) is 17.0 Å². The second-order valence-electron chi connectivity index (χ2n) is 4.30. The summed E-state index contributed by atoms with van der Waals surface area (Å²) in [5.41, 5.74) is 1.05. The third-order valence-corrected chi connectivity index (χ3v) is 4.52. The summed E-state index contributed by atoms with van der Waals surface area (Å²) in [6.07, 6.45) is 1.12. The van der Waals surface area contributed by atoms with Crippen LogP contribution in [0.5, 0.6) is 0 Å². The van der Waals surface area contributed by atoms with E-state index >= 15 is 0 Å². The number of benzene rings is 1. The smallest absolute Gasteiger partial charge is 0.0632 e. The number of nitrogens with one attached hydrogen (secondary N) is 1. The predicted molar refractivity (Wildman–Crippen MR) is 78.9 cm³/mol. The lowest BCUT2D eigenvalue weighted by molar-refractivity contribution is 0.183. The zero-order valence-electron chi connectivity index (χ0n) is 9.47. The van der Waals surface area contributed by atoms with Gasteiger partial charge in [-0.2, -0.15) is 0 Å². The van der Waals surface area contributed by atoms with Gasteiger partial charge in [-0.15, -0.1) is 0 Å². The zero-order valence-corrected chi connectivity index (χ0v) is 13.4. The predicted octanol–water partition coefficient (Wildman–Crippen LogP) is 4.70. The maximum Gasteiger partial charge on any atom is 0.0632 e. The van der Waals surface area contributed by atoms with Crippen LogP contribution in [0.25, 0.3) is 0 Å². The highest BCUT2D eigenvalue weighted by Crippen LogP contribution is 2.35. The van der Waals surface area contributed by atoms with Crippen molar-refractivity contribution in [3.8, 4) is 0 Å². The molecule has 2 unspecified atom stereocenters. The molecule has 1 aliphatic heterocycles. The first-order chi connectivity index (χ1) is 8.08. The van der Waals surface area contributed by atoms with Gasteiger partial charge in [-0.3, -0.25) is 0 Å². The van der Waals surface area contributed by atoms with E-state index in [4.69, 9.17) is 16.3 Å². The van der Waals surface area contributed by atoms with E-state index in [2.05, 4.69) is 44.1 Å². The zero-order chi connectivity index (χ0) is 12.4. The van der Waals surface area contributed by atoms with Gasteiger partial charge in [0.1, 0.15) is 0 Å². The van der Waals surface area contributed by atoms with Crippen molar-refractivity contribution in [2.45, 2.75) is 19.4 Å². The van der Waals surface area contributed by atoms with Crippen molar-refractivity contribution in [2.75, 3.05) is 18.5 Å². The molecule has 1 N–H and O–H groups in total. The van der Waals surface area contributed by atoms with Crippen molar-refractivity contribution in [3.63, 3.8) is 0 Å². The van der Waals surface area contributed by atoms with Crippen LogP contribution in [-0.2, 0) is 4.74 Å². The van der Waals surface area contributed by atoms with Gasteiger partial charge >= 0.3 is 0 Å². The van der Waals surface area contributed by atoms with Gasteiger partial charge in [-0.25, -0.2) is 0 Å². The third kappa shape index (κ3) is 3.37. The largest absolute Gasteiger partial charge is 0.381 e. The van der Waals surface area contributed by atoms with Crippen LogP contribution in [0, 0.1) is 5.92 Å². The van der Waals surface area contributed by atoms with Crippen molar-refractivity contribution < 1.29 is 4.74 Å². The molecule has 94 valence electrons. The molecule has 1 aliphatic rings. The monoisotopic (exact) mass is 381 g/mol. The van der Waals surface area contributed by atoms with Crippen LogP contribution in [0.4, 0.5) is 5.69 Å². The summed E-state index contributed by atoms with van der Waals surface area (Å²) >= 11 is 13.0. The minimum atomic E-state index is 0.381. The van der Waals surface area contributed by atoms with Gasteiger partial charge in [0, 0.05) is 32.5 Å². The number of hydrogen-bond donors (Lipinski definition) is 1. The van der Waals surface area contributed by atoms with E-state index in [1.807, 2.05) is 12.1 Å². The average molecular weight is 384 g/mol. The molecule has 1 saturated heterocycles. The van der Waals surface area contributed by atoms with Gasteiger partial charge in [0.05, 0.1) is 12.3 Å². The number of rotatable bonds is 3. The molecule has 1 heterocycles. The lowest BCUT2D eigenvalue weighted by atomic mass is 10.0. The van der Waals surface area contributed by atoms with Gasteiger partial charge in [0.2, 0.25) is 0 Å². The molecule has 2 rings (SSSR count). The molecule has 1 aromatic carbocycles. The summed E-state index contributed by atoms with van der Waals surface area (Å²) in [7, 11) is 0. The van der Waals surface area contributed by atoms with Crippen LogP contribution in [0.3, 0.4) is 0 Å². The first-order valence-corrected chi connectivity index (χ1v) is 7.53. The molecule has 1 aromatic rings. The van der Waals surface area contributed by atoms with Gasteiger partial charge in [-0.1, -0.05) is 11.6 Å². The molecule has 0 radical (unpaired) electrons. The van der Waals surface area contributed by atoms with Crippen molar-refractivity contribution in [1.82, 2.24) is 0 Å². The molecule has 0 amide bonds. The molecule has 1 fully saturated rings. The van der Waals surface area contributed by atoms with Crippen molar-refractivity contribution in [2.24, 2.45) is 5.92 Å². The summed E-state index contributed by atoms with van der Waals surface area (Å²) in [4.78, 5) is 0. The standard InChI is InChI=1S/C12H14Br2ClNO/c1-7(8-2-3-17-6-8)16-12-10(13)4-9(15)5-11(12)14/h4-5,7-8,16H,2-3,6H2,1H3. The highest BCUT2D eigenvalue weighted by molar-refractivity contribution is 9.11. The molecular formula is C12H14Br2ClNO. The van der Waals surface area contributed by atoms with Gasteiger partial charge in [-0.05, 0) is 57.3 Å². The molecule has 0 saturated carbocycles. The highest BCUT2D eigenvalue weighted by atomic mass is 79.9. The van der Waals surface area contributed by atoms with E-state index < -0.39 is 0 Å². The fourth-order valence-electron chi connectivity index (χ4n) is 1.97. The van der Waals surface area contributed by atoms with Crippen LogP contribution >= 0.6 is 43.5 Å². The summed E-state index contributed by atoms with van der Waals surface area (Å²) in [6.45, 7) is 3.91. The molecule has 2 nitrogen and oxygen atoms in total. The Bertz CT molecular complexity index is 384. The van der Waals surface area contributed by atoms with Crippen molar-refractivity contribution in [3.05, 3.63) is 26.1 Å². The van der Waals surface area contributed by atoms with Crippen molar-refractivity contribution in [1.29, 1.82) is 0 Å². The first kappa shape index (κ1) is 13.7. The summed E-state index contributed by atoms with van der Waals surface area (Å²) in [5.74, 6) is 0.574. The van der Waals surface area contributed by atoms with Crippen LogP contribution in [0.2, 0.25) is 5.02 Å². The Morgan fingerprint density at radius 1 is 1.41 bits per heavy atom. The minimum Gasteiger partial charge on any atom is -0.381 e. The lowest BCUT2D eigenvalue weighted by Gasteiger charge is -2.22. The summed E-state index contributed by atoms with van der Waals surface area (Å²) < 4.78 is 7.36. The quantitative estimate of drug-likeness (QED) is 0.817. The van der Waals surface area contributed by atoms with Gasteiger partial charge in [0.15, 0.2) is 0 Å². The van der Waals surface area contributed by atoms with E-state index in [1.54, 1.807) is 0 Å². The lowest BCUT2D eigenvalue weighted by Crippen LogP contribution is -2.26. The fourth-order valence-corrected chi connectivity index (χ4v) is 3.87. The molecule has 17 heavy (non-hydrogen) atoms. The number of hydrogen-bond acceptors (Lipinski definition) is 2. The Morgan fingerprint density at radius 2 is 2.06 bits per heavy atom. The van der Waals surface area contributed by atoms with Crippen LogP contribution < -0.4 is 5.32 Å². The Morgan fingerprint density at radius 3 is 2.59 bits per heavy atom. The topological polar surface area (TPSA) is 21.3 Å². The molecule has 5 heteroatoms. The maximum absolute atomic E-state index is 5.98. The molecule has 2 atom stereocenters. The SMILES string of the molecule is CC(Nc1c(Br)cc(Cl)cc1Br)C1CCOC1. The number of anilines is 1. The highest BCUT2D eigenvalue weighted by Gasteiger charge is 2.23. The maximum atomic E-state index is 5.98. The van der Waals surface area contributed by atoms with Crippen molar-refractivity contribution >= 4 is 49.1 Å². The molecular weight excluding hydrogens is 369 g/mol. The van der Waals surface area contributed by atoms with Crippen LogP contribution in [0.15, 0.2) is 21.1 Å². The Balaban J connectivity index is 2.12. The summed E-state index contributed by atoms with van der Waals surface area (Å²) in [5, 5.41) is 4.23. The Hall–Kier alpha value is 0.230. The number of ether oxygens (including phenoxy) is 1. The van der Waals surface area contributed by atoms with Crippen LogP contribution in [0.1, 0.15) is 13.3 Å². The molecule has 0 spiro atoms. The third-order valence-electron chi connectivity index (χ3n) is 3.05. The van der Waals surface area contributed by atoms with Gasteiger partial charge in [0.25, 0.3) is 0 Å². The summed E-state index contributed by atoms with van der Waals surface area (Å²) in [6, 6.07) is 4.17. The molecule has 0 aromatic heterocycles. The Kier molecular flexibility index (Phi) is 4.75. The fraction of sp³-hybridized carbons (Fsp3) is 0.500. The Labute approximate surface area is 123 Å². The number of halogens is 3. The van der Waals surface area contributed by atoms with Gasteiger partial charge < -0.3 is 10.1 Å². The van der Waals surface area contributed by atoms with E-state index in [1.165, 1.54) is 0 Å². The minimum absolute atomic E-state index is 0.381. The van der Waals surface area contributed by atoms with E-state index in [9.17, 15) is 0 Å². The van der Waals surface area contributed by atoms with E-state index in [-0.39, 0.29) is 0 Å². The molecule has 0 bridgehead atoms. The van der Waals surface area contributed by atoms with E-state index in [0.717, 1.165) is 34.3 Å². The second-order valence-corrected chi connectivity index (χ2v) is 6.45. The normalized spacial score (nSPS) is 21.5. The molecule has 0 aliphatic carbocycles. The first-order valence-electron chi connectivity index (χ1n) is 5.56. The second kappa shape index (κ2) is 5.91. The average Bonchev–Trinajstić information content (AvgIpc) is 2.76.